The number of ether oxygens (including phenoxy) is 2. The first-order valence-electron chi connectivity index (χ1n) is 12.4. The lowest BCUT2D eigenvalue weighted by atomic mass is 9.94. The molecule has 214 valence electrons. The van der Waals surface area contributed by atoms with Crippen LogP contribution in [0.1, 0.15) is 47.3 Å². The topological polar surface area (TPSA) is 145 Å². The minimum Gasteiger partial charge on any atom is -0.376 e. The normalized spacial score (nSPS) is 23.9. The molecule has 0 aromatic carbocycles. The van der Waals surface area contributed by atoms with Gasteiger partial charge in [-0.2, -0.15) is 5.26 Å². The van der Waals surface area contributed by atoms with Crippen molar-refractivity contribution in [1.29, 1.82) is 5.26 Å². The largest absolute Gasteiger partial charge is 0.376 e. The van der Waals surface area contributed by atoms with Gasteiger partial charge in [-0.3, -0.25) is 23.6 Å². The van der Waals surface area contributed by atoms with Crippen LogP contribution in [0, 0.1) is 17.2 Å². The number of aromatic amines is 1. The third-order valence-corrected chi connectivity index (χ3v) is 10.8. The molecule has 2 rings (SSSR count). The number of methoxy groups -OCH3 is 1. The molecule has 1 fully saturated rings. The molecule has 6 atom stereocenters. The first-order chi connectivity index (χ1) is 17.9. The van der Waals surface area contributed by atoms with Crippen molar-refractivity contribution < 1.29 is 27.6 Å². The summed E-state index contributed by atoms with van der Waals surface area (Å²) in [4.78, 5) is 26.6. The lowest BCUT2D eigenvalue weighted by Gasteiger charge is -2.43. The van der Waals surface area contributed by atoms with Crippen molar-refractivity contribution in [3.63, 3.8) is 0 Å². The molecule has 1 aliphatic rings. The lowest BCUT2D eigenvalue weighted by molar-refractivity contribution is -0.0448. The molecule has 0 bridgehead atoms. The van der Waals surface area contributed by atoms with Crippen LogP contribution in [0.4, 0.5) is 0 Å². The maximum Gasteiger partial charge on any atom is 0.353 e. The highest BCUT2D eigenvalue weighted by Crippen LogP contribution is 2.56. The van der Waals surface area contributed by atoms with Gasteiger partial charge in [-0.25, -0.2) is 4.79 Å². The summed E-state index contributed by atoms with van der Waals surface area (Å²) in [6, 6.07) is 3.65. The van der Waals surface area contributed by atoms with Gasteiger partial charge in [0.15, 0.2) is 6.23 Å². The van der Waals surface area contributed by atoms with E-state index >= 15 is 0 Å². The van der Waals surface area contributed by atoms with Crippen molar-refractivity contribution in [2.45, 2.75) is 77.2 Å². The second-order valence-electron chi connectivity index (χ2n) is 9.38. The van der Waals surface area contributed by atoms with Crippen LogP contribution in [0.3, 0.4) is 0 Å². The van der Waals surface area contributed by atoms with E-state index in [-0.39, 0.29) is 36.7 Å². The second kappa shape index (κ2) is 14.6. The molecule has 0 saturated carbocycles. The highest BCUT2D eigenvalue weighted by molar-refractivity contribution is 7.57. The molecule has 0 aliphatic carbocycles. The Kier molecular flexibility index (Phi) is 12.5. The zero-order valence-electron chi connectivity index (χ0n) is 23.3. The van der Waals surface area contributed by atoms with Crippen LogP contribution in [0.25, 0.3) is 0 Å². The predicted molar refractivity (Wildman–Crippen MR) is 145 cm³/mol. The summed E-state index contributed by atoms with van der Waals surface area (Å²) in [5.74, 6) is 0.958. The molecule has 2 heterocycles. The van der Waals surface area contributed by atoms with Crippen molar-refractivity contribution >= 4 is 15.9 Å². The molecule has 12 nitrogen and oxygen atoms in total. The Balaban J connectivity index is 2.63. The van der Waals surface area contributed by atoms with Crippen molar-refractivity contribution in [3.8, 4) is 6.07 Å². The van der Waals surface area contributed by atoms with E-state index in [4.69, 9.17) is 28.3 Å². The summed E-state index contributed by atoms with van der Waals surface area (Å²) in [5.41, 5.74) is -1.36. The lowest BCUT2D eigenvalue weighted by Crippen LogP contribution is -2.42. The highest BCUT2D eigenvalue weighted by Gasteiger charge is 2.51. The fraction of sp³-hybridized carbons (Fsp3) is 0.708. The molecule has 1 N–H and O–H groups in total. The summed E-state index contributed by atoms with van der Waals surface area (Å²) < 4.78 is 45.1. The minimum atomic E-state index is -3.51. The summed E-state index contributed by atoms with van der Waals surface area (Å²) in [6.07, 6.45) is 1.01. The molecule has 1 aromatic heterocycles. The highest BCUT2D eigenvalue weighted by atomic mass is 31.2. The molecule has 1 aromatic rings. The fourth-order valence-corrected chi connectivity index (χ4v) is 8.10. The molecule has 1 unspecified atom stereocenters. The Morgan fingerprint density at radius 3 is 2.34 bits per heavy atom. The Labute approximate surface area is 225 Å². The minimum absolute atomic E-state index is 0.141. The predicted octanol–water partition coefficient (Wildman–Crippen LogP) is 3.81. The zero-order valence-corrected chi connectivity index (χ0v) is 25.1. The van der Waals surface area contributed by atoms with E-state index in [2.05, 4.69) is 43.4 Å². The van der Waals surface area contributed by atoms with Gasteiger partial charge in [0.1, 0.15) is 14.4 Å². The molecule has 38 heavy (non-hydrogen) atoms. The maximum atomic E-state index is 12.8. The van der Waals surface area contributed by atoms with E-state index < -0.39 is 45.6 Å². The number of nitriles is 1. The Morgan fingerprint density at radius 1 is 1.21 bits per heavy atom. The number of nitrogens with zero attached hydrogens (tertiary/aromatic N) is 3. The molecular formula is C24H40N4O8P2. The molecule has 14 heteroatoms. The van der Waals surface area contributed by atoms with Gasteiger partial charge in [0.05, 0.1) is 25.2 Å². The van der Waals surface area contributed by atoms with Gasteiger partial charge >= 0.3 is 13.3 Å². The van der Waals surface area contributed by atoms with Crippen molar-refractivity contribution in [2.75, 3.05) is 27.9 Å². The summed E-state index contributed by atoms with van der Waals surface area (Å²) in [6.45, 7) is 10.6. The number of H-pyrrole nitrogens is 1. The number of nitrogens with one attached hydrogen (secondary N) is 1. The smallest absolute Gasteiger partial charge is 0.353 e. The van der Waals surface area contributed by atoms with Crippen LogP contribution in [-0.2, 0) is 27.6 Å². The van der Waals surface area contributed by atoms with Crippen LogP contribution in [-0.4, -0.2) is 72.1 Å². The van der Waals surface area contributed by atoms with E-state index in [0.717, 1.165) is 0 Å². The van der Waals surface area contributed by atoms with Crippen molar-refractivity contribution in [3.05, 3.63) is 45.0 Å². The van der Waals surface area contributed by atoms with Gasteiger partial charge in [0.2, 0.25) is 0 Å². The summed E-state index contributed by atoms with van der Waals surface area (Å²) >= 11 is 0. The maximum absolute atomic E-state index is 12.8. The van der Waals surface area contributed by atoms with Crippen LogP contribution >= 0.6 is 15.9 Å². The van der Waals surface area contributed by atoms with Crippen molar-refractivity contribution in [1.82, 2.24) is 14.2 Å². The Bertz CT molecular complexity index is 1120. The standard InChI is InChI=1S/C24H40N4O8P2/c1-16(2)28(17(3)4)37(35-14-9-12-25)18(5)21-19(11-15-38(31,33-7)34-8)36-23(22(21)32-6)27-13-10-20(29)26-24(27)30/h10-11,13,15-19,21-23H,9,14H2,1-8H3,(H,26,29,30)/b15-11+/t18-,19-,21-,22-,23-,37?/m1/s1. The second-order valence-corrected chi connectivity index (χ2v) is 13.6. The van der Waals surface area contributed by atoms with Gasteiger partial charge in [0, 0.05) is 63.1 Å². The quantitative estimate of drug-likeness (QED) is 0.257. The van der Waals surface area contributed by atoms with Gasteiger partial charge in [-0.05, 0) is 33.8 Å². The van der Waals surface area contributed by atoms with Crippen LogP contribution in [0.2, 0.25) is 0 Å². The number of aromatic nitrogens is 2. The van der Waals surface area contributed by atoms with Crippen LogP contribution < -0.4 is 11.2 Å². The molecule has 0 amide bonds. The Morgan fingerprint density at radius 2 is 1.84 bits per heavy atom. The van der Waals surface area contributed by atoms with E-state index in [1.165, 1.54) is 44.0 Å². The third-order valence-electron chi connectivity index (χ3n) is 6.33. The molecule has 1 saturated heterocycles. The van der Waals surface area contributed by atoms with Crippen LogP contribution in [0.15, 0.2) is 33.7 Å². The van der Waals surface area contributed by atoms with Gasteiger partial charge in [-0.15, -0.1) is 0 Å². The number of hydrogen-bond donors (Lipinski definition) is 1. The average molecular weight is 575 g/mol. The van der Waals surface area contributed by atoms with Crippen LogP contribution in [0.5, 0.6) is 0 Å². The van der Waals surface area contributed by atoms with Crippen molar-refractivity contribution in [2.24, 2.45) is 5.92 Å². The molecule has 0 radical (unpaired) electrons. The fourth-order valence-electron chi connectivity index (χ4n) is 4.72. The van der Waals surface area contributed by atoms with Gasteiger partial charge < -0.3 is 23.0 Å². The van der Waals surface area contributed by atoms with Gasteiger partial charge in [-0.1, -0.05) is 6.92 Å². The first kappa shape index (κ1) is 32.5. The first-order valence-corrected chi connectivity index (χ1v) is 15.3. The number of hydrogen-bond acceptors (Lipinski definition) is 10. The monoisotopic (exact) mass is 574 g/mol. The average Bonchev–Trinajstić information content (AvgIpc) is 3.24. The molecule has 0 spiro atoms. The zero-order chi connectivity index (χ0) is 28.6. The van der Waals surface area contributed by atoms with E-state index in [0.29, 0.717) is 0 Å². The summed E-state index contributed by atoms with van der Waals surface area (Å²) in [5, 5.41) is 9.11. The van der Waals surface area contributed by atoms with E-state index in [9.17, 15) is 14.2 Å². The van der Waals surface area contributed by atoms with E-state index in [1.807, 2.05) is 6.92 Å². The molecular weight excluding hydrogens is 534 g/mol. The SMILES string of the molecule is CO[C@@H]1[C@H]([C@@H](C)P(OCCC#N)N(C(C)C)C(C)C)[C@@H](/C=C/P(=O)(OC)OC)O[C@H]1n1ccc(=O)[nH]c1=O. The Hall–Kier alpha value is -1.67. The summed E-state index contributed by atoms with van der Waals surface area (Å²) in [7, 11) is -0.689. The third kappa shape index (κ3) is 7.71. The molecule has 1 aliphatic heterocycles. The van der Waals surface area contributed by atoms with Gasteiger partial charge in [0.25, 0.3) is 5.56 Å². The number of rotatable bonds is 14. The van der Waals surface area contributed by atoms with E-state index in [1.54, 1.807) is 6.08 Å².